The Kier molecular flexibility index (Phi) is 5.23. The summed E-state index contributed by atoms with van der Waals surface area (Å²) < 4.78 is 0. The molecule has 0 spiro atoms. The lowest BCUT2D eigenvalue weighted by Crippen LogP contribution is -2.85. The van der Waals surface area contributed by atoms with Gasteiger partial charge in [0.25, 0.3) is 5.37 Å². The number of benzene rings is 2. The Balaban J connectivity index is 1.32. The Hall–Kier alpha value is -3.02. The first-order chi connectivity index (χ1) is 13.3. The molecule has 0 saturated heterocycles. The summed E-state index contributed by atoms with van der Waals surface area (Å²) in [5, 5.41) is 8.96. The van der Waals surface area contributed by atoms with Gasteiger partial charge in [0.15, 0.2) is 17.1 Å². The van der Waals surface area contributed by atoms with Crippen LogP contribution in [0.4, 0.5) is 5.69 Å². The summed E-state index contributed by atoms with van der Waals surface area (Å²) >= 11 is 1.72. The van der Waals surface area contributed by atoms with Crippen LogP contribution in [-0.2, 0) is 11.4 Å². The lowest BCUT2D eigenvalue weighted by Gasteiger charge is -2.19. The predicted octanol–water partition coefficient (Wildman–Crippen LogP) is 2.26. The number of carbonyl (C=O) groups excluding carboxylic acids is 1. The van der Waals surface area contributed by atoms with Crippen LogP contribution in [0.15, 0.2) is 79.1 Å². The first kappa shape index (κ1) is 17.4. The lowest BCUT2D eigenvalue weighted by atomic mass is 10.0. The second-order valence-electron chi connectivity index (χ2n) is 6.19. The molecule has 0 radical (unpaired) electrons. The molecular formula is C22H19N3OS. The van der Waals surface area contributed by atoms with Crippen LogP contribution in [0.1, 0.15) is 21.5 Å². The summed E-state index contributed by atoms with van der Waals surface area (Å²) in [5.41, 5.74) is 3.53. The zero-order valence-corrected chi connectivity index (χ0v) is 15.4. The molecule has 2 heterocycles. The van der Waals surface area contributed by atoms with Crippen molar-refractivity contribution in [2.75, 3.05) is 11.9 Å². The Morgan fingerprint density at radius 1 is 1.00 bits per heavy atom. The summed E-state index contributed by atoms with van der Waals surface area (Å²) in [6.45, 7) is 0.739. The van der Waals surface area contributed by atoms with Gasteiger partial charge in [-0.3, -0.25) is 4.79 Å². The van der Waals surface area contributed by atoms with Crippen molar-refractivity contribution in [1.82, 2.24) is 4.98 Å². The van der Waals surface area contributed by atoms with E-state index in [9.17, 15) is 4.79 Å². The molecule has 2 aromatic carbocycles. The van der Waals surface area contributed by atoms with Gasteiger partial charge in [-0.05, 0) is 43.0 Å². The van der Waals surface area contributed by atoms with Gasteiger partial charge in [-0.15, -0.1) is 6.07 Å². The quantitative estimate of drug-likeness (QED) is 0.302. The average molecular weight is 373 g/mol. The minimum absolute atomic E-state index is 0.0427. The number of nitrogens with zero attached hydrogens (tertiary/aromatic N) is 1. The molecule has 1 aliphatic heterocycles. The lowest BCUT2D eigenvalue weighted by molar-refractivity contribution is -0.589. The van der Waals surface area contributed by atoms with Crippen molar-refractivity contribution in [3.63, 3.8) is 0 Å². The van der Waals surface area contributed by atoms with Crippen molar-refractivity contribution >= 4 is 28.2 Å². The molecule has 5 heteroatoms. The molecule has 0 unspecified atom stereocenters. The maximum atomic E-state index is 12.5. The van der Waals surface area contributed by atoms with Gasteiger partial charge >= 0.3 is 0 Å². The minimum Gasteiger partial charge on any atom is -0.434 e. The molecule has 0 bridgehead atoms. The smallest absolute Gasteiger partial charge is 0.260 e. The van der Waals surface area contributed by atoms with Crippen LogP contribution in [0.5, 0.6) is 0 Å². The van der Waals surface area contributed by atoms with Crippen LogP contribution in [0.25, 0.3) is 0 Å². The molecule has 3 N–H and O–H groups in total. The summed E-state index contributed by atoms with van der Waals surface area (Å²) in [5.74, 6) is 0.0427. The molecule has 0 fully saturated rings. The van der Waals surface area contributed by atoms with Crippen molar-refractivity contribution in [3.05, 3.63) is 107 Å². The average Bonchev–Trinajstić information content (AvgIpc) is 3.22. The Labute approximate surface area is 162 Å². The summed E-state index contributed by atoms with van der Waals surface area (Å²) in [6.07, 6.45) is 3.66. The molecular weight excluding hydrogens is 354 g/mol. The molecule has 4 nitrogen and oxygen atoms in total. The molecule has 0 saturated carbocycles. The van der Waals surface area contributed by atoms with E-state index < -0.39 is 0 Å². The third-order valence-corrected chi connectivity index (χ3v) is 5.31. The number of rotatable bonds is 6. The van der Waals surface area contributed by atoms with Gasteiger partial charge in [-0.1, -0.05) is 48.2 Å². The van der Waals surface area contributed by atoms with Crippen molar-refractivity contribution in [2.24, 2.45) is 0 Å². The Bertz CT molecular complexity index is 927. The van der Waals surface area contributed by atoms with E-state index in [2.05, 4.69) is 27.1 Å². The number of hydrogen-bond acceptors (Lipinski definition) is 3. The van der Waals surface area contributed by atoms with Crippen LogP contribution in [0.2, 0.25) is 0 Å². The van der Waals surface area contributed by atoms with E-state index in [-0.39, 0.29) is 5.78 Å². The number of ketones is 1. The SMILES string of the molecule is O=C(c1ccccc1)c1ccc(NC[C-]2C=[S+][C-](c3cccnc3)[NH2+]2)cc1. The summed E-state index contributed by atoms with van der Waals surface area (Å²) in [4.78, 5) is 16.6. The van der Waals surface area contributed by atoms with Crippen LogP contribution in [0, 0.1) is 11.4 Å². The molecule has 27 heavy (non-hydrogen) atoms. The molecule has 0 amide bonds. The highest BCUT2D eigenvalue weighted by atomic mass is 32.1. The number of nitrogens with one attached hydrogen (secondary N) is 1. The molecule has 4 rings (SSSR count). The Morgan fingerprint density at radius 2 is 1.78 bits per heavy atom. The zero-order chi connectivity index (χ0) is 18.5. The third-order valence-electron chi connectivity index (χ3n) is 4.28. The van der Waals surface area contributed by atoms with E-state index in [0.717, 1.165) is 17.8 Å². The number of carbonyl (C=O) groups is 1. The van der Waals surface area contributed by atoms with E-state index in [1.165, 1.54) is 11.4 Å². The normalized spacial score (nSPS) is 13.7. The van der Waals surface area contributed by atoms with Crippen LogP contribution >= 0.6 is 0 Å². The first-order valence-electron chi connectivity index (χ1n) is 8.71. The van der Waals surface area contributed by atoms with Gasteiger partial charge in [-0.25, -0.2) is 0 Å². The van der Waals surface area contributed by atoms with Crippen LogP contribution in [-0.4, -0.2) is 22.7 Å². The molecule has 3 aromatic rings. The van der Waals surface area contributed by atoms with Crippen LogP contribution in [0.3, 0.4) is 0 Å². The fraction of sp³-hybridized carbons (Fsp3) is 0.0455. The van der Waals surface area contributed by atoms with Crippen molar-refractivity contribution < 1.29 is 10.1 Å². The van der Waals surface area contributed by atoms with E-state index in [4.69, 9.17) is 0 Å². The topological polar surface area (TPSA) is 58.6 Å². The number of anilines is 1. The van der Waals surface area contributed by atoms with E-state index in [1.807, 2.05) is 66.9 Å². The van der Waals surface area contributed by atoms with Crippen molar-refractivity contribution in [3.8, 4) is 0 Å². The van der Waals surface area contributed by atoms with Gasteiger partial charge in [0.1, 0.15) is 0 Å². The molecule has 0 aliphatic carbocycles. The third kappa shape index (κ3) is 4.22. The van der Waals surface area contributed by atoms with Gasteiger partial charge in [0.2, 0.25) is 0 Å². The van der Waals surface area contributed by atoms with E-state index in [1.54, 1.807) is 17.5 Å². The number of nitrogens with two attached hydrogens (primary N) is 1. The second kappa shape index (κ2) is 8.12. The number of pyridine rings is 1. The molecule has 1 aromatic heterocycles. The maximum absolute atomic E-state index is 12.5. The molecule has 0 atom stereocenters. The highest BCUT2D eigenvalue weighted by Gasteiger charge is 2.23. The zero-order valence-electron chi connectivity index (χ0n) is 14.6. The molecule has 134 valence electrons. The van der Waals surface area contributed by atoms with Crippen molar-refractivity contribution in [1.29, 1.82) is 0 Å². The van der Waals surface area contributed by atoms with Crippen molar-refractivity contribution in [2.45, 2.75) is 0 Å². The Morgan fingerprint density at radius 3 is 2.52 bits per heavy atom. The van der Waals surface area contributed by atoms with Crippen LogP contribution < -0.4 is 10.6 Å². The fourth-order valence-corrected chi connectivity index (χ4v) is 3.73. The minimum atomic E-state index is 0.0427. The number of aromatic nitrogens is 1. The summed E-state index contributed by atoms with van der Waals surface area (Å²) in [7, 11) is 0. The van der Waals surface area contributed by atoms with Gasteiger partial charge in [-0.2, -0.15) is 0 Å². The number of quaternary nitrogens is 1. The monoisotopic (exact) mass is 373 g/mol. The fourth-order valence-electron chi connectivity index (χ4n) is 2.83. The highest BCUT2D eigenvalue weighted by Crippen LogP contribution is 2.15. The highest BCUT2D eigenvalue weighted by molar-refractivity contribution is 7.80. The van der Waals surface area contributed by atoms with Gasteiger partial charge < -0.3 is 15.6 Å². The standard InChI is InChI=1S/C22H19N3OS/c26-21(16-5-2-1-3-6-16)17-8-10-19(11-9-17)24-14-20-15-27-22(25-20)18-7-4-12-23-13-18/h1-13,15,24H,14,25H2. The van der Waals surface area contributed by atoms with Gasteiger partial charge in [0, 0.05) is 16.8 Å². The first-order valence-corrected chi connectivity index (χ1v) is 9.59. The largest absolute Gasteiger partial charge is 0.434 e. The predicted molar refractivity (Wildman–Crippen MR) is 110 cm³/mol. The maximum Gasteiger partial charge on any atom is 0.260 e. The molecule has 1 aliphatic rings. The second-order valence-corrected chi connectivity index (χ2v) is 7.10. The van der Waals surface area contributed by atoms with E-state index in [0.29, 0.717) is 11.1 Å². The number of hydrogen-bond donors (Lipinski definition) is 2. The summed E-state index contributed by atoms with van der Waals surface area (Å²) in [6, 6.07) is 22.2. The van der Waals surface area contributed by atoms with E-state index >= 15 is 0 Å². The van der Waals surface area contributed by atoms with Gasteiger partial charge in [0.05, 0.1) is 5.37 Å².